The topological polar surface area (TPSA) is 86.8 Å². The van der Waals surface area contributed by atoms with Crippen LogP contribution in [0.2, 0.25) is 5.02 Å². The number of amides is 2. The standard InChI is InChI=1S/C29H33BrClN3O4S/c1-4-15-32-29(36)27(18-22-9-6-5-7-10-22)33(19-23-11-8-12-24(30)17-23)28(35)20-34(39(3,37)38)26-14-13-25(31)16-21(26)2/h5-14,16-17,27H,4,15,18-20H2,1-3H3,(H,32,36). The van der Waals surface area contributed by atoms with Gasteiger partial charge < -0.3 is 10.2 Å². The summed E-state index contributed by atoms with van der Waals surface area (Å²) < 4.78 is 27.7. The van der Waals surface area contributed by atoms with E-state index in [-0.39, 0.29) is 18.9 Å². The molecular weight excluding hydrogens is 602 g/mol. The van der Waals surface area contributed by atoms with E-state index < -0.39 is 28.5 Å². The van der Waals surface area contributed by atoms with Gasteiger partial charge in [-0.25, -0.2) is 8.42 Å². The molecule has 1 unspecified atom stereocenters. The Hall–Kier alpha value is -2.88. The third-order valence-electron chi connectivity index (χ3n) is 6.17. The fourth-order valence-corrected chi connectivity index (χ4v) is 5.83. The highest BCUT2D eigenvalue weighted by molar-refractivity contribution is 9.10. The number of sulfonamides is 1. The van der Waals surface area contributed by atoms with E-state index in [1.165, 1.54) is 4.90 Å². The van der Waals surface area contributed by atoms with Crippen LogP contribution in [0.25, 0.3) is 0 Å². The Bertz CT molecular complexity index is 1400. The Morgan fingerprint density at radius 1 is 1.00 bits per heavy atom. The molecule has 1 atom stereocenters. The van der Waals surface area contributed by atoms with Crippen LogP contribution in [0.3, 0.4) is 0 Å². The molecule has 0 saturated heterocycles. The molecule has 3 rings (SSSR count). The zero-order valence-corrected chi connectivity index (χ0v) is 25.4. The van der Waals surface area contributed by atoms with Crippen molar-refractivity contribution >= 4 is 55.1 Å². The maximum atomic E-state index is 14.1. The first-order valence-electron chi connectivity index (χ1n) is 12.6. The van der Waals surface area contributed by atoms with Crippen molar-refractivity contribution in [2.24, 2.45) is 0 Å². The first kappa shape index (κ1) is 30.7. The number of nitrogens with one attached hydrogen (secondary N) is 1. The van der Waals surface area contributed by atoms with Gasteiger partial charge in [-0.05, 0) is 60.4 Å². The third-order valence-corrected chi connectivity index (χ3v) is 8.02. The Balaban J connectivity index is 2.06. The molecule has 3 aromatic carbocycles. The highest BCUT2D eigenvalue weighted by Gasteiger charge is 2.33. The first-order valence-corrected chi connectivity index (χ1v) is 15.6. The lowest BCUT2D eigenvalue weighted by molar-refractivity contribution is -0.140. The lowest BCUT2D eigenvalue weighted by atomic mass is 10.0. The summed E-state index contributed by atoms with van der Waals surface area (Å²) in [6, 6.07) is 20.9. The summed E-state index contributed by atoms with van der Waals surface area (Å²) in [6.07, 6.45) is 2.07. The molecule has 0 saturated carbocycles. The van der Waals surface area contributed by atoms with Crippen LogP contribution in [0.4, 0.5) is 5.69 Å². The Kier molecular flexibility index (Phi) is 11.0. The number of hydrogen-bond donors (Lipinski definition) is 1. The van der Waals surface area contributed by atoms with Crippen LogP contribution in [-0.2, 0) is 32.6 Å². The van der Waals surface area contributed by atoms with Crippen molar-refractivity contribution in [3.8, 4) is 0 Å². The van der Waals surface area contributed by atoms with E-state index in [2.05, 4.69) is 21.2 Å². The first-order chi connectivity index (χ1) is 18.5. The van der Waals surface area contributed by atoms with Gasteiger partial charge in [0.05, 0.1) is 11.9 Å². The van der Waals surface area contributed by atoms with E-state index in [1.807, 2.05) is 61.5 Å². The van der Waals surface area contributed by atoms with Crippen molar-refractivity contribution in [3.63, 3.8) is 0 Å². The average Bonchev–Trinajstić information content (AvgIpc) is 2.88. The molecule has 39 heavy (non-hydrogen) atoms. The molecule has 2 amide bonds. The summed E-state index contributed by atoms with van der Waals surface area (Å²) >= 11 is 9.57. The van der Waals surface area contributed by atoms with Crippen molar-refractivity contribution in [1.82, 2.24) is 10.2 Å². The zero-order valence-electron chi connectivity index (χ0n) is 22.2. The second-order valence-electron chi connectivity index (χ2n) is 9.35. The van der Waals surface area contributed by atoms with Gasteiger partial charge >= 0.3 is 0 Å². The van der Waals surface area contributed by atoms with E-state index >= 15 is 0 Å². The van der Waals surface area contributed by atoms with Crippen LogP contribution in [0.1, 0.15) is 30.0 Å². The number of carbonyl (C=O) groups excluding carboxylic acids is 2. The van der Waals surface area contributed by atoms with Gasteiger partial charge in [0.2, 0.25) is 21.8 Å². The summed E-state index contributed by atoms with van der Waals surface area (Å²) in [4.78, 5) is 29.0. The molecule has 0 aliphatic rings. The van der Waals surface area contributed by atoms with Gasteiger partial charge in [0.25, 0.3) is 0 Å². The van der Waals surface area contributed by atoms with Crippen LogP contribution < -0.4 is 9.62 Å². The Labute approximate surface area is 244 Å². The van der Waals surface area contributed by atoms with E-state index in [0.29, 0.717) is 22.8 Å². The molecule has 1 N–H and O–H groups in total. The van der Waals surface area contributed by atoms with Gasteiger partial charge in [-0.15, -0.1) is 0 Å². The highest BCUT2D eigenvalue weighted by atomic mass is 79.9. The number of halogens is 2. The van der Waals surface area contributed by atoms with Gasteiger partial charge in [-0.3, -0.25) is 13.9 Å². The van der Waals surface area contributed by atoms with Gasteiger partial charge in [0, 0.05) is 29.0 Å². The molecule has 10 heteroatoms. The average molecular weight is 635 g/mol. The number of hydrogen-bond acceptors (Lipinski definition) is 4. The van der Waals surface area contributed by atoms with Crippen LogP contribution in [-0.4, -0.2) is 50.5 Å². The molecule has 3 aromatic rings. The molecular formula is C29H33BrClN3O4S. The fraction of sp³-hybridized carbons (Fsp3) is 0.310. The number of rotatable bonds is 12. The van der Waals surface area contributed by atoms with Crippen molar-refractivity contribution in [2.45, 2.75) is 39.3 Å². The minimum atomic E-state index is -3.85. The number of carbonyl (C=O) groups is 2. The summed E-state index contributed by atoms with van der Waals surface area (Å²) in [6.45, 7) is 3.80. The number of anilines is 1. The molecule has 208 valence electrons. The van der Waals surface area contributed by atoms with Crippen LogP contribution >= 0.6 is 27.5 Å². The van der Waals surface area contributed by atoms with Gasteiger partial charge in [-0.1, -0.05) is 76.9 Å². The largest absolute Gasteiger partial charge is 0.354 e. The predicted molar refractivity (Wildman–Crippen MR) is 160 cm³/mol. The quantitative estimate of drug-likeness (QED) is 0.291. The van der Waals surface area contributed by atoms with E-state index in [9.17, 15) is 18.0 Å². The van der Waals surface area contributed by atoms with Crippen molar-refractivity contribution < 1.29 is 18.0 Å². The third kappa shape index (κ3) is 8.81. The van der Waals surface area contributed by atoms with E-state index in [1.54, 1.807) is 25.1 Å². The lowest BCUT2D eigenvalue weighted by Crippen LogP contribution is -2.53. The maximum Gasteiger partial charge on any atom is 0.244 e. The summed E-state index contributed by atoms with van der Waals surface area (Å²) in [7, 11) is -3.85. The maximum absolute atomic E-state index is 14.1. The second kappa shape index (κ2) is 14.0. The van der Waals surface area contributed by atoms with Crippen molar-refractivity contribution in [3.05, 3.63) is 99.0 Å². The van der Waals surface area contributed by atoms with Crippen LogP contribution in [0.15, 0.2) is 77.3 Å². The fourth-order valence-electron chi connectivity index (χ4n) is 4.25. The zero-order chi connectivity index (χ0) is 28.6. The summed E-state index contributed by atoms with van der Waals surface area (Å²) in [5, 5.41) is 3.39. The minimum Gasteiger partial charge on any atom is -0.354 e. The number of nitrogens with zero attached hydrogens (tertiary/aromatic N) is 2. The summed E-state index contributed by atoms with van der Waals surface area (Å²) in [5.41, 5.74) is 2.65. The van der Waals surface area contributed by atoms with Crippen molar-refractivity contribution in [1.29, 1.82) is 0 Å². The highest BCUT2D eigenvalue weighted by Crippen LogP contribution is 2.26. The molecule has 0 spiro atoms. The van der Waals surface area contributed by atoms with Gasteiger partial charge in [0.1, 0.15) is 12.6 Å². The molecule has 0 heterocycles. The Morgan fingerprint density at radius 2 is 1.69 bits per heavy atom. The monoisotopic (exact) mass is 633 g/mol. The number of aryl methyl sites for hydroxylation is 1. The Morgan fingerprint density at radius 3 is 2.31 bits per heavy atom. The molecule has 0 aromatic heterocycles. The van der Waals surface area contributed by atoms with Crippen molar-refractivity contribution in [2.75, 3.05) is 23.7 Å². The normalized spacial score (nSPS) is 12.0. The number of benzene rings is 3. The molecule has 0 bridgehead atoms. The minimum absolute atomic E-state index is 0.118. The molecule has 0 radical (unpaired) electrons. The molecule has 0 aliphatic heterocycles. The molecule has 7 nitrogen and oxygen atoms in total. The summed E-state index contributed by atoms with van der Waals surface area (Å²) in [5.74, 6) is -0.792. The predicted octanol–water partition coefficient (Wildman–Crippen LogP) is 5.34. The second-order valence-corrected chi connectivity index (χ2v) is 12.6. The molecule has 0 aliphatic carbocycles. The van der Waals surface area contributed by atoms with E-state index in [4.69, 9.17) is 11.6 Å². The van der Waals surface area contributed by atoms with E-state index in [0.717, 1.165) is 32.6 Å². The molecule has 0 fully saturated rings. The van der Waals surface area contributed by atoms with Crippen LogP contribution in [0.5, 0.6) is 0 Å². The van der Waals surface area contributed by atoms with Gasteiger partial charge in [0.15, 0.2) is 0 Å². The SMILES string of the molecule is CCCNC(=O)C(Cc1ccccc1)N(Cc1cccc(Br)c1)C(=O)CN(c1ccc(Cl)cc1C)S(C)(=O)=O. The smallest absolute Gasteiger partial charge is 0.244 e. The van der Waals surface area contributed by atoms with Crippen LogP contribution in [0, 0.1) is 6.92 Å². The van der Waals surface area contributed by atoms with Gasteiger partial charge in [-0.2, -0.15) is 0 Å². The lowest BCUT2D eigenvalue weighted by Gasteiger charge is -2.34.